The molecule has 0 fully saturated rings. The number of nitriles is 1. The van der Waals surface area contributed by atoms with Crippen molar-refractivity contribution < 1.29 is 4.79 Å². The van der Waals surface area contributed by atoms with Gasteiger partial charge in [-0.3, -0.25) is 10.2 Å². The summed E-state index contributed by atoms with van der Waals surface area (Å²) in [4.78, 5) is 10.7. The highest BCUT2D eigenvalue weighted by Crippen LogP contribution is 2.15. The number of hydrazone groups is 1. The molecule has 1 rings (SSSR count). The molecule has 0 atom stereocenters. The van der Waals surface area contributed by atoms with Crippen molar-refractivity contribution in [1.29, 1.82) is 5.26 Å². The molecule has 82 valence electrons. The fourth-order valence-corrected chi connectivity index (χ4v) is 1.19. The van der Waals surface area contributed by atoms with E-state index in [0.29, 0.717) is 0 Å². The molecule has 1 aromatic carbocycles. The summed E-state index contributed by atoms with van der Waals surface area (Å²) in [7, 11) is 0. The van der Waals surface area contributed by atoms with E-state index in [1.54, 1.807) is 6.07 Å². The van der Waals surface area contributed by atoms with E-state index in [1.807, 2.05) is 32.0 Å². The molecule has 0 aliphatic rings. The van der Waals surface area contributed by atoms with Gasteiger partial charge in [-0.2, -0.15) is 10.4 Å². The number of carbonyl (C=O) groups is 1. The minimum atomic E-state index is -0.847. The predicted octanol–water partition coefficient (Wildman–Crippen LogP) is 1.08. The van der Waals surface area contributed by atoms with Crippen LogP contribution in [0.1, 0.15) is 11.1 Å². The van der Waals surface area contributed by atoms with Gasteiger partial charge in [0.25, 0.3) is 5.91 Å². The van der Waals surface area contributed by atoms with Crippen LogP contribution in [0.15, 0.2) is 23.3 Å². The molecule has 0 saturated heterocycles. The summed E-state index contributed by atoms with van der Waals surface area (Å²) in [5, 5.41) is 12.2. The SMILES string of the molecule is Cc1ccc(NN=C(C#N)C(N)=O)c(C)c1. The molecule has 0 unspecified atom stereocenters. The van der Waals surface area contributed by atoms with E-state index < -0.39 is 5.91 Å². The van der Waals surface area contributed by atoms with Crippen LogP contribution in [0.5, 0.6) is 0 Å². The number of primary amides is 1. The zero-order chi connectivity index (χ0) is 12.1. The topological polar surface area (TPSA) is 91.3 Å². The van der Waals surface area contributed by atoms with Gasteiger partial charge in [0.15, 0.2) is 0 Å². The lowest BCUT2D eigenvalue weighted by atomic mass is 10.1. The number of amides is 1. The van der Waals surface area contributed by atoms with Gasteiger partial charge in [0, 0.05) is 0 Å². The molecule has 0 aromatic heterocycles. The molecule has 5 nitrogen and oxygen atoms in total. The van der Waals surface area contributed by atoms with Crippen molar-refractivity contribution >= 4 is 17.3 Å². The summed E-state index contributed by atoms with van der Waals surface area (Å²) < 4.78 is 0. The normalized spacial score (nSPS) is 10.7. The first-order valence-corrected chi connectivity index (χ1v) is 4.65. The number of carbonyl (C=O) groups excluding carboxylic acids is 1. The molecule has 0 aliphatic heterocycles. The summed E-state index contributed by atoms with van der Waals surface area (Å²) in [6, 6.07) is 7.31. The number of benzene rings is 1. The van der Waals surface area contributed by atoms with Crippen molar-refractivity contribution in [2.24, 2.45) is 10.8 Å². The predicted molar refractivity (Wildman–Crippen MR) is 61.8 cm³/mol. The second-order valence-corrected chi connectivity index (χ2v) is 3.37. The van der Waals surface area contributed by atoms with Gasteiger partial charge in [-0.15, -0.1) is 0 Å². The number of nitrogens with zero attached hydrogens (tertiary/aromatic N) is 2. The van der Waals surface area contributed by atoms with Crippen molar-refractivity contribution in [3.63, 3.8) is 0 Å². The van der Waals surface area contributed by atoms with Gasteiger partial charge in [-0.05, 0) is 25.5 Å². The molecule has 1 aromatic rings. The van der Waals surface area contributed by atoms with E-state index in [9.17, 15) is 4.79 Å². The fourth-order valence-electron chi connectivity index (χ4n) is 1.19. The molecule has 5 heteroatoms. The number of hydrogen-bond donors (Lipinski definition) is 2. The van der Waals surface area contributed by atoms with Gasteiger partial charge in [-0.1, -0.05) is 17.7 Å². The van der Waals surface area contributed by atoms with Crippen molar-refractivity contribution in [3.05, 3.63) is 29.3 Å². The Morgan fingerprint density at radius 3 is 2.69 bits per heavy atom. The van der Waals surface area contributed by atoms with Crippen LogP contribution in [0, 0.1) is 25.2 Å². The molecular formula is C11H12N4O. The number of hydrogen-bond acceptors (Lipinski definition) is 4. The Kier molecular flexibility index (Phi) is 3.62. The van der Waals surface area contributed by atoms with Crippen LogP contribution in [0.4, 0.5) is 5.69 Å². The monoisotopic (exact) mass is 216 g/mol. The average molecular weight is 216 g/mol. The largest absolute Gasteiger partial charge is 0.364 e. The number of aryl methyl sites for hydroxylation is 2. The third-order valence-corrected chi connectivity index (χ3v) is 2.01. The van der Waals surface area contributed by atoms with Gasteiger partial charge in [-0.25, -0.2) is 0 Å². The maximum Gasteiger partial charge on any atom is 0.280 e. The van der Waals surface area contributed by atoms with E-state index in [-0.39, 0.29) is 5.71 Å². The van der Waals surface area contributed by atoms with Gasteiger partial charge >= 0.3 is 0 Å². The van der Waals surface area contributed by atoms with Crippen LogP contribution in [0.25, 0.3) is 0 Å². The van der Waals surface area contributed by atoms with E-state index in [1.165, 1.54) is 0 Å². The fraction of sp³-hybridized carbons (Fsp3) is 0.182. The Bertz CT molecular complexity index is 485. The summed E-state index contributed by atoms with van der Waals surface area (Å²) >= 11 is 0. The smallest absolute Gasteiger partial charge is 0.280 e. The molecular weight excluding hydrogens is 204 g/mol. The minimum absolute atomic E-state index is 0.347. The van der Waals surface area contributed by atoms with Gasteiger partial charge in [0.05, 0.1) is 5.69 Å². The van der Waals surface area contributed by atoms with Crippen LogP contribution in [-0.4, -0.2) is 11.6 Å². The molecule has 0 saturated carbocycles. The van der Waals surface area contributed by atoms with Crippen molar-refractivity contribution in [2.45, 2.75) is 13.8 Å². The van der Waals surface area contributed by atoms with Crippen molar-refractivity contribution in [1.82, 2.24) is 0 Å². The van der Waals surface area contributed by atoms with E-state index in [0.717, 1.165) is 16.8 Å². The second kappa shape index (κ2) is 4.94. The lowest BCUT2D eigenvalue weighted by molar-refractivity contribution is -0.111. The highest BCUT2D eigenvalue weighted by atomic mass is 16.1. The van der Waals surface area contributed by atoms with Crippen LogP contribution >= 0.6 is 0 Å². The summed E-state index contributed by atoms with van der Waals surface area (Å²) in [6.45, 7) is 3.88. The Labute approximate surface area is 93.6 Å². The molecule has 0 radical (unpaired) electrons. The summed E-state index contributed by atoms with van der Waals surface area (Å²) in [5.41, 5.74) is 10.1. The zero-order valence-electron chi connectivity index (χ0n) is 9.11. The summed E-state index contributed by atoms with van der Waals surface area (Å²) in [5.74, 6) is -0.847. The van der Waals surface area contributed by atoms with Crippen molar-refractivity contribution in [3.8, 4) is 6.07 Å². The van der Waals surface area contributed by atoms with E-state index in [4.69, 9.17) is 11.0 Å². The highest BCUT2D eigenvalue weighted by Gasteiger charge is 2.05. The quantitative estimate of drug-likeness (QED) is 0.585. The molecule has 0 heterocycles. The first-order chi connectivity index (χ1) is 7.54. The number of nitrogens with one attached hydrogen (secondary N) is 1. The first-order valence-electron chi connectivity index (χ1n) is 4.65. The lowest BCUT2D eigenvalue weighted by Crippen LogP contribution is -2.22. The maximum absolute atomic E-state index is 10.7. The van der Waals surface area contributed by atoms with E-state index >= 15 is 0 Å². The maximum atomic E-state index is 10.7. The number of anilines is 1. The zero-order valence-corrected chi connectivity index (χ0v) is 9.11. The van der Waals surface area contributed by atoms with Crippen LogP contribution in [0.3, 0.4) is 0 Å². The third kappa shape index (κ3) is 2.82. The molecule has 0 spiro atoms. The lowest BCUT2D eigenvalue weighted by Gasteiger charge is -2.05. The molecule has 0 bridgehead atoms. The standard InChI is InChI=1S/C11H12N4O/c1-7-3-4-9(8(2)5-7)14-15-10(6-12)11(13)16/h3-5,14H,1-2H3,(H2,13,16). The molecule has 0 aliphatic carbocycles. The number of rotatable bonds is 3. The van der Waals surface area contributed by atoms with Gasteiger partial charge in [0.1, 0.15) is 6.07 Å². The Hall–Kier alpha value is -2.35. The average Bonchev–Trinajstić information content (AvgIpc) is 2.21. The first kappa shape index (κ1) is 11.7. The van der Waals surface area contributed by atoms with Crippen LogP contribution < -0.4 is 11.2 Å². The highest BCUT2D eigenvalue weighted by molar-refractivity contribution is 6.44. The van der Waals surface area contributed by atoms with Crippen LogP contribution in [0.2, 0.25) is 0 Å². The third-order valence-electron chi connectivity index (χ3n) is 2.01. The Morgan fingerprint density at radius 1 is 1.50 bits per heavy atom. The van der Waals surface area contributed by atoms with Gasteiger partial charge < -0.3 is 5.73 Å². The van der Waals surface area contributed by atoms with Crippen molar-refractivity contribution in [2.75, 3.05) is 5.43 Å². The molecule has 16 heavy (non-hydrogen) atoms. The number of nitrogens with two attached hydrogens (primary N) is 1. The molecule has 1 amide bonds. The summed E-state index contributed by atoms with van der Waals surface area (Å²) in [6.07, 6.45) is 0. The van der Waals surface area contributed by atoms with E-state index in [2.05, 4.69) is 10.5 Å². The van der Waals surface area contributed by atoms with Crippen LogP contribution in [-0.2, 0) is 4.79 Å². The Balaban J connectivity index is 2.90. The Morgan fingerprint density at radius 2 is 2.19 bits per heavy atom. The molecule has 3 N–H and O–H groups in total. The minimum Gasteiger partial charge on any atom is -0.364 e. The second-order valence-electron chi connectivity index (χ2n) is 3.37. The van der Waals surface area contributed by atoms with Gasteiger partial charge in [0.2, 0.25) is 5.71 Å².